The van der Waals surface area contributed by atoms with Crippen molar-refractivity contribution in [3.63, 3.8) is 0 Å². The molecule has 168 valence electrons. The van der Waals surface area contributed by atoms with Gasteiger partial charge in [0.2, 0.25) is 11.8 Å². The van der Waals surface area contributed by atoms with Gasteiger partial charge in [0.15, 0.2) is 0 Å². The van der Waals surface area contributed by atoms with Crippen LogP contribution in [0, 0.1) is 5.92 Å². The molecule has 1 unspecified atom stereocenters. The molecular weight excluding hydrogens is 402 g/mol. The van der Waals surface area contributed by atoms with E-state index in [1.165, 1.54) is 17.5 Å². The van der Waals surface area contributed by atoms with Gasteiger partial charge in [-0.05, 0) is 67.1 Å². The first-order valence-electron chi connectivity index (χ1n) is 11.4. The molecule has 6 nitrogen and oxygen atoms in total. The third-order valence-electron chi connectivity index (χ3n) is 6.54. The van der Waals surface area contributed by atoms with E-state index in [9.17, 15) is 14.4 Å². The van der Waals surface area contributed by atoms with Crippen molar-refractivity contribution < 1.29 is 14.4 Å². The maximum absolute atomic E-state index is 13.2. The Morgan fingerprint density at radius 1 is 1.03 bits per heavy atom. The first-order chi connectivity index (χ1) is 15.4. The quantitative estimate of drug-likeness (QED) is 0.703. The Balaban J connectivity index is 1.42. The largest absolute Gasteiger partial charge is 0.345 e. The number of nitrogens with zero attached hydrogens (tertiary/aromatic N) is 3. The fourth-order valence-electron chi connectivity index (χ4n) is 4.68. The fourth-order valence-corrected chi connectivity index (χ4v) is 4.68. The third kappa shape index (κ3) is 4.40. The van der Waals surface area contributed by atoms with Gasteiger partial charge in [-0.2, -0.15) is 0 Å². The van der Waals surface area contributed by atoms with Crippen LogP contribution in [0.25, 0.3) is 0 Å². The van der Waals surface area contributed by atoms with Gasteiger partial charge in [0, 0.05) is 51.4 Å². The molecule has 2 aliphatic rings. The Morgan fingerprint density at radius 2 is 1.75 bits per heavy atom. The van der Waals surface area contributed by atoms with Crippen molar-refractivity contribution in [2.24, 2.45) is 5.92 Å². The first-order valence-corrected chi connectivity index (χ1v) is 11.4. The lowest BCUT2D eigenvalue weighted by atomic mass is 10.1. The highest BCUT2D eigenvalue weighted by Crippen LogP contribution is 2.31. The number of amides is 3. The van der Waals surface area contributed by atoms with Crippen LogP contribution in [0.4, 0.5) is 5.69 Å². The molecule has 1 fully saturated rings. The number of hydrogen-bond acceptors (Lipinski definition) is 3. The van der Waals surface area contributed by atoms with E-state index in [1.54, 1.807) is 40.9 Å². The van der Waals surface area contributed by atoms with Crippen LogP contribution in [0.1, 0.15) is 46.8 Å². The van der Waals surface area contributed by atoms with Crippen LogP contribution in [-0.4, -0.2) is 54.7 Å². The lowest BCUT2D eigenvalue weighted by Gasteiger charge is -2.24. The molecule has 6 heteroatoms. The first kappa shape index (κ1) is 22.1. The minimum Gasteiger partial charge on any atom is -0.345 e. The Kier molecular flexibility index (Phi) is 6.31. The molecule has 0 N–H and O–H groups in total. The van der Waals surface area contributed by atoms with Crippen molar-refractivity contribution in [3.8, 4) is 0 Å². The minimum absolute atomic E-state index is 0.0120. The van der Waals surface area contributed by atoms with Gasteiger partial charge in [-0.1, -0.05) is 18.2 Å². The zero-order valence-electron chi connectivity index (χ0n) is 19.1. The maximum atomic E-state index is 13.2. The Morgan fingerprint density at radius 3 is 2.44 bits per heavy atom. The fraction of sp³-hybridized carbons (Fsp3) is 0.423. The number of aryl methyl sites for hydroxylation is 2. The van der Waals surface area contributed by atoms with E-state index in [4.69, 9.17) is 0 Å². The van der Waals surface area contributed by atoms with Gasteiger partial charge in [0.05, 0.1) is 5.92 Å². The molecule has 1 saturated heterocycles. The third-order valence-corrected chi connectivity index (χ3v) is 6.54. The van der Waals surface area contributed by atoms with Crippen LogP contribution in [0.2, 0.25) is 0 Å². The van der Waals surface area contributed by atoms with Crippen molar-refractivity contribution in [3.05, 3.63) is 64.7 Å². The van der Waals surface area contributed by atoms with Crippen LogP contribution < -0.4 is 4.90 Å². The average molecular weight is 434 g/mol. The van der Waals surface area contributed by atoms with Crippen molar-refractivity contribution in [2.45, 2.75) is 39.2 Å². The lowest BCUT2D eigenvalue weighted by molar-refractivity contribution is -0.136. The molecule has 2 aromatic rings. The molecular formula is C26H31N3O3. The number of carbonyl (C=O) groups excluding carboxylic acids is 3. The molecule has 1 aliphatic carbocycles. The zero-order chi connectivity index (χ0) is 22.8. The molecule has 0 saturated carbocycles. The predicted octanol–water partition coefficient (Wildman–Crippen LogP) is 3.28. The number of hydrogen-bond donors (Lipinski definition) is 0. The van der Waals surface area contributed by atoms with Gasteiger partial charge in [-0.3, -0.25) is 14.4 Å². The summed E-state index contributed by atoms with van der Waals surface area (Å²) in [6, 6.07) is 13.6. The molecule has 1 atom stereocenters. The van der Waals surface area contributed by atoms with Crippen molar-refractivity contribution >= 4 is 23.4 Å². The maximum Gasteiger partial charge on any atom is 0.253 e. The zero-order valence-corrected chi connectivity index (χ0v) is 19.1. The predicted molar refractivity (Wildman–Crippen MR) is 124 cm³/mol. The van der Waals surface area contributed by atoms with Crippen molar-refractivity contribution in [1.82, 2.24) is 9.80 Å². The highest BCUT2D eigenvalue weighted by Gasteiger charge is 2.37. The summed E-state index contributed by atoms with van der Waals surface area (Å²) in [6.07, 6.45) is 3.60. The van der Waals surface area contributed by atoms with E-state index in [-0.39, 0.29) is 30.1 Å². The Bertz CT molecular complexity index is 1030. The summed E-state index contributed by atoms with van der Waals surface area (Å²) < 4.78 is 0. The van der Waals surface area contributed by atoms with Crippen LogP contribution >= 0.6 is 0 Å². The highest BCUT2D eigenvalue weighted by molar-refractivity contribution is 6.00. The van der Waals surface area contributed by atoms with Crippen LogP contribution in [0.3, 0.4) is 0 Å². The molecule has 1 aliphatic heterocycles. The summed E-state index contributed by atoms with van der Waals surface area (Å²) in [4.78, 5) is 43.2. The SMILES string of the molecule is CCN(Cc1ccc(C(=O)N(C)C)cc1)C(=O)C1CC(=O)N(c2ccc3c(c2)CCC3)C1. The second-order valence-electron chi connectivity index (χ2n) is 8.96. The topological polar surface area (TPSA) is 60.9 Å². The van der Waals surface area contributed by atoms with E-state index in [2.05, 4.69) is 12.1 Å². The van der Waals surface area contributed by atoms with E-state index in [0.717, 1.165) is 24.1 Å². The van der Waals surface area contributed by atoms with E-state index < -0.39 is 0 Å². The van der Waals surface area contributed by atoms with Gasteiger partial charge in [-0.25, -0.2) is 0 Å². The lowest BCUT2D eigenvalue weighted by Crippen LogP contribution is -2.37. The molecule has 0 radical (unpaired) electrons. The summed E-state index contributed by atoms with van der Waals surface area (Å²) >= 11 is 0. The molecule has 1 heterocycles. The summed E-state index contributed by atoms with van der Waals surface area (Å²) in [6.45, 7) is 3.43. The molecule has 32 heavy (non-hydrogen) atoms. The van der Waals surface area contributed by atoms with Gasteiger partial charge < -0.3 is 14.7 Å². The van der Waals surface area contributed by atoms with Gasteiger partial charge in [0.1, 0.15) is 0 Å². The summed E-state index contributed by atoms with van der Waals surface area (Å²) in [5.41, 5.74) is 5.21. The Labute approximate surface area is 189 Å². The molecule has 0 spiro atoms. The molecule has 3 amide bonds. The van der Waals surface area contributed by atoms with Crippen LogP contribution in [-0.2, 0) is 29.0 Å². The highest BCUT2D eigenvalue weighted by atomic mass is 16.2. The van der Waals surface area contributed by atoms with E-state index in [0.29, 0.717) is 25.2 Å². The number of benzene rings is 2. The smallest absolute Gasteiger partial charge is 0.253 e. The Hall–Kier alpha value is -3.15. The van der Waals surface area contributed by atoms with Crippen LogP contribution in [0.15, 0.2) is 42.5 Å². The molecule has 2 aromatic carbocycles. The van der Waals surface area contributed by atoms with Crippen molar-refractivity contribution in [1.29, 1.82) is 0 Å². The summed E-state index contributed by atoms with van der Waals surface area (Å²) in [7, 11) is 3.45. The standard InChI is InChI=1S/C26H31N3O3/c1-4-28(16-18-8-10-20(11-9-18)25(31)27(2)3)26(32)22-15-24(30)29(17-22)23-13-12-19-6-5-7-21(19)14-23/h8-14,22H,4-7,15-17H2,1-3H3. The van der Waals surface area contributed by atoms with Crippen molar-refractivity contribution in [2.75, 3.05) is 32.1 Å². The summed E-state index contributed by atoms with van der Waals surface area (Å²) in [5, 5.41) is 0. The van der Waals surface area contributed by atoms with E-state index >= 15 is 0 Å². The molecule has 0 bridgehead atoms. The average Bonchev–Trinajstić information content (AvgIpc) is 3.42. The molecule has 4 rings (SSSR count). The second kappa shape index (κ2) is 9.15. The van der Waals surface area contributed by atoms with Gasteiger partial charge in [-0.15, -0.1) is 0 Å². The molecule has 0 aromatic heterocycles. The minimum atomic E-state index is -0.328. The monoisotopic (exact) mass is 433 g/mol. The second-order valence-corrected chi connectivity index (χ2v) is 8.96. The van der Waals surface area contributed by atoms with Gasteiger partial charge >= 0.3 is 0 Å². The van der Waals surface area contributed by atoms with Crippen LogP contribution in [0.5, 0.6) is 0 Å². The van der Waals surface area contributed by atoms with E-state index in [1.807, 2.05) is 25.1 Å². The van der Waals surface area contributed by atoms with Gasteiger partial charge in [0.25, 0.3) is 5.91 Å². The number of carbonyl (C=O) groups is 3. The number of anilines is 1. The number of rotatable bonds is 6. The normalized spacial score (nSPS) is 17.4. The number of fused-ring (bicyclic) bond motifs is 1. The summed E-state index contributed by atoms with van der Waals surface area (Å²) in [5.74, 6) is -0.344.